The minimum atomic E-state index is -1.19. The zero-order chi connectivity index (χ0) is 12.5. The Bertz CT molecular complexity index is 443. The van der Waals surface area contributed by atoms with Crippen LogP contribution in [0.15, 0.2) is 35.2 Å². The number of hydrogen-bond donors (Lipinski definition) is 0. The van der Waals surface area contributed by atoms with E-state index < -0.39 is 16.4 Å². The molecular weight excluding hydrogens is 236 g/mol. The molecule has 1 aliphatic carbocycles. The third-order valence-electron chi connectivity index (χ3n) is 3.34. The van der Waals surface area contributed by atoms with E-state index in [0.717, 1.165) is 4.90 Å². The highest BCUT2D eigenvalue weighted by atomic mass is 32.2. The van der Waals surface area contributed by atoms with Gasteiger partial charge in [-0.1, -0.05) is 18.2 Å². The maximum atomic E-state index is 12.4. The molecule has 1 unspecified atom stereocenters. The molecule has 0 aliphatic heterocycles. The number of carbonyl (C=O) groups is 1. The van der Waals surface area contributed by atoms with Crippen molar-refractivity contribution in [2.24, 2.45) is 0 Å². The number of ether oxygens (including phenoxy) is 1. The van der Waals surface area contributed by atoms with E-state index in [1.807, 2.05) is 37.3 Å². The molecule has 0 heterocycles. The molecule has 17 heavy (non-hydrogen) atoms. The van der Waals surface area contributed by atoms with E-state index in [9.17, 15) is 9.00 Å². The Balaban J connectivity index is 2.28. The molecule has 0 radical (unpaired) electrons. The monoisotopic (exact) mass is 252 g/mol. The van der Waals surface area contributed by atoms with Crippen LogP contribution in [0, 0.1) is 0 Å². The fourth-order valence-corrected chi connectivity index (χ4v) is 3.95. The van der Waals surface area contributed by atoms with Crippen LogP contribution in [0.1, 0.15) is 19.8 Å². The van der Waals surface area contributed by atoms with Crippen molar-refractivity contribution in [2.45, 2.75) is 35.5 Å². The third kappa shape index (κ3) is 2.33. The fourth-order valence-electron chi connectivity index (χ4n) is 2.22. The number of benzene rings is 1. The number of Topliss-reactive ketones (excluding diaryl/α,β-unsaturated/α-hetero) is 1. The lowest BCUT2D eigenvalue weighted by Crippen LogP contribution is -2.39. The summed E-state index contributed by atoms with van der Waals surface area (Å²) in [6, 6.07) is 9.25. The maximum absolute atomic E-state index is 12.4. The minimum Gasteiger partial charge on any atom is -0.377 e. The summed E-state index contributed by atoms with van der Waals surface area (Å²) in [6.07, 6.45) is 0.693. The standard InChI is InChI=1S/C13H16O3S/c1-13(16-2)9-10(14)8-12(13)17(15)11-6-4-3-5-7-11/h3-7,12H,8-9H2,1-2H3/t12-,13-,17?/m0/s1. The fraction of sp³-hybridized carbons (Fsp3) is 0.462. The Labute approximate surface area is 104 Å². The molecule has 0 saturated heterocycles. The Morgan fingerprint density at radius 1 is 1.35 bits per heavy atom. The number of ketones is 1. The molecule has 1 fully saturated rings. The summed E-state index contributed by atoms with van der Waals surface area (Å²) in [5, 5.41) is -0.248. The molecule has 0 amide bonds. The van der Waals surface area contributed by atoms with Crippen molar-refractivity contribution >= 4 is 16.6 Å². The average molecular weight is 252 g/mol. The lowest BCUT2D eigenvalue weighted by Gasteiger charge is -2.28. The highest BCUT2D eigenvalue weighted by Crippen LogP contribution is 2.36. The zero-order valence-corrected chi connectivity index (χ0v) is 10.8. The largest absolute Gasteiger partial charge is 0.377 e. The topological polar surface area (TPSA) is 43.4 Å². The van der Waals surface area contributed by atoms with Crippen molar-refractivity contribution in [1.29, 1.82) is 0 Å². The van der Waals surface area contributed by atoms with E-state index >= 15 is 0 Å². The zero-order valence-electron chi connectivity index (χ0n) is 10.0. The van der Waals surface area contributed by atoms with Crippen molar-refractivity contribution in [3.63, 3.8) is 0 Å². The van der Waals surface area contributed by atoms with Crippen molar-refractivity contribution in [1.82, 2.24) is 0 Å². The van der Waals surface area contributed by atoms with Gasteiger partial charge in [-0.15, -0.1) is 0 Å². The van der Waals surface area contributed by atoms with Gasteiger partial charge in [-0.25, -0.2) is 0 Å². The molecular formula is C13H16O3S. The number of hydrogen-bond acceptors (Lipinski definition) is 3. The molecule has 0 spiro atoms. The Hall–Kier alpha value is -1.00. The van der Waals surface area contributed by atoms with Gasteiger partial charge < -0.3 is 4.74 Å². The minimum absolute atomic E-state index is 0.128. The lowest BCUT2D eigenvalue weighted by molar-refractivity contribution is -0.119. The van der Waals surface area contributed by atoms with Gasteiger partial charge in [0, 0.05) is 24.8 Å². The lowest BCUT2D eigenvalue weighted by atomic mass is 10.1. The summed E-state index contributed by atoms with van der Waals surface area (Å²) < 4.78 is 17.9. The molecule has 3 atom stereocenters. The highest BCUT2D eigenvalue weighted by molar-refractivity contribution is 7.85. The SMILES string of the molecule is CO[C@@]1(C)CC(=O)C[C@@H]1S(=O)c1ccccc1. The van der Waals surface area contributed by atoms with Crippen molar-refractivity contribution in [2.75, 3.05) is 7.11 Å². The Kier molecular flexibility index (Phi) is 3.45. The van der Waals surface area contributed by atoms with Crippen molar-refractivity contribution < 1.29 is 13.7 Å². The molecule has 1 aromatic rings. The van der Waals surface area contributed by atoms with E-state index in [4.69, 9.17) is 4.74 Å². The predicted molar refractivity (Wildman–Crippen MR) is 66.3 cm³/mol. The van der Waals surface area contributed by atoms with Crippen LogP contribution in [0.5, 0.6) is 0 Å². The molecule has 4 heteroatoms. The van der Waals surface area contributed by atoms with Gasteiger partial charge in [0.05, 0.1) is 21.7 Å². The van der Waals surface area contributed by atoms with Gasteiger partial charge >= 0.3 is 0 Å². The van der Waals surface area contributed by atoms with Gasteiger partial charge in [0.1, 0.15) is 5.78 Å². The molecule has 1 aliphatic rings. The number of carbonyl (C=O) groups excluding carboxylic acids is 1. The van der Waals surface area contributed by atoms with Gasteiger partial charge in [-0.3, -0.25) is 9.00 Å². The van der Waals surface area contributed by atoms with E-state index in [1.165, 1.54) is 0 Å². The summed E-state index contributed by atoms with van der Waals surface area (Å²) in [6.45, 7) is 1.86. The second-order valence-corrected chi connectivity index (χ2v) is 6.17. The molecule has 3 nitrogen and oxygen atoms in total. The smallest absolute Gasteiger partial charge is 0.137 e. The Morgan fingerprint density at radius 3 is 2.59 bits per heavy atom. The van der Waals surface area contributed by atoms with Crippen molar-refractivity contribution in [3.8, 4) is 0 Å². The third-order valence-corrected chi connectivity index (χ3v) is 5.26. The first-order valence-electron chi connectivity index (χ1n) is 5.59. The van der Waals surface area contributed by atoms with E-state index in [1.54, 1.807) is 7.11 Å². The van der Waals surface area contributed by atoms with Crippen LogP contribution in [0.25, 0.3) is 0 Å². The summed E-state index contributed by atoms with van der Waals surface area (Å²) in [5.74, 6) is 0.128. The van der Waals surface area contributed by atoms with E-state index in [2.05, 4.69) is 0 Å². The molecule has 0 aromatic heterocycles. The van der Waals surface area contributed by atoms with Crippen LogP contribution in [0.3, 0.4) is 0 Å². The van der Waals surface area contributed by atoms with E-state index in [0.29, 0.717) is 12.8 Å². The number of methoxy groups -OCH3 is 1. The van der Waals surface area contributed by atoms with Gasteiger partial charge in [0.2, 0.25) is 0 Å². The first-order valence-corrected chi connectivity index (χ1v) is 6.80. The summed E-state index contributed by atoms with van der Waals surface area (Å²) in [5.41, 5.74) is -0.599. The highest BCUT2D eigenvalue weighted by Gasteiger charge is 2.47. The molecule has 1 aromatic carbocycles. The summed E-state index contributed by atoms with van der Waals surface area (Å²) in [7, 11) is 0.383. The van der Waals surface area contributed by atoms with Gasteiger partial charge in [0.25, 0.3) is 0 Å². The van der Waals surface area contributed by atoms with Crippen LogP contribution in [-0.4, -0.2) is 28.0 Å². The molecule has 2 rings (SSSR count). The average Bonchev–Trinajstić information content (AvgIpc) is 2.66. The Morgan fingerprint density at radius 2 is 2.00 bits per heavy atom. The number of rotatable bonds is 3. The normalized spacial score (nSPS) is 30.5. The molecule has 1 saturated carbocycles. The predicted octanol–water partition coefficient (Wildman–Crippen LogP) is 1.93. The van der Waals surface area contributed by atoms with E-state index in [-0.39, 0.29) is 11.0 Å². The first kappa shape index (κ1) is 12.5. The second-order valence-electron chi connectivity index (χ2n) is 4.54. The second kappa shape index (κ2) is 4.70. The summed E-state index contributed by atoms with van der Waals surface area (Å²) in [4.78, 5) is 12.3. The molecule has 0 N–H and O–H groups in total. The van der Waals surface area contributed by atoms with Crippen LogP contribution in [0.4, 0.5) is 0 Å². The molecule has 92 valence electrons. The van der Waals surface area contributed by atoms with Crippen LogP contribution in [0.2, 0.25) is 0 Å². The quantitative estimate of drug-likeness (QED) is 0.825. The van der Waals surface area contributed by atoms with Gasteiger partial charge in [0.15, 0.2) is 0 Å². The van der Waals surface area contributed by atoms with Crippen LogP contribution < -0.4 is 0 Å². The first-order chi connectivity index (χ1) is 8.07. The van der Waals surface area contributed by atoms with Crippen molar-refractivity contribution in [3.05, 3.63) is 30.3 Å². The van der Waals surface area contributed by atoms with Crippen LogP contribution >= 0.6 is 0 Å². The van der Waals surface area contributed by atoms with Gasteiger partial charge in [-0.2, -0.15) is 0 Å². The molecule has 0 bridgehead atoms. The maximum Gasteiger partial charge on any atom is 0.137 e. The van der Waals surface area contributed by atoms with Crippen LogP contribution in [-0.2, 0) is 20.3 Å². The van der Waals surface area contributed by atoms with Gasteiger partial charge in [-0.05, 0) is 19.1 Å². The summed E-state index contributed by atoms with van der Waals surface area (Å²) >= 11 is 0.